The van der Waals surface area contributed by atoms with E-state index in [1.807, 2.05) is 35.0 Å². The molecule has 2 aromatic heterocycles. The van der Waals surface area contributed by atoms with Gasteiger partial charge in [-0.15, -0.1) is 5.10 Å². The Morgan fingerprint density at radius 3 is 2.34 bits per heavy atom. The molecule has 200 valence electrons. The maximum atomic E-state index is 6.78. The van der Waals surface area contributed by atoms with Crippen molar-refractivity contribution in [3.05, 3.63) is 82.6 Å². The van der Waals surface area contributed by atoms with Crippen molar-refractivity contribution in [2.45, 2.75) is 58.3 Å². The fraction of sp³-hybridized carbons (Fsp3) is 0.444. The van der Waals surface area contributed by atoms with E-state index in [-0.39, 0.29) is 17.5 Å². The van der Waals surface area contributed by atoms with E-state index in [1.54, 1.807) is 23.1 Å². The van der Waals surface area contributed by atoms with E-state index in [1.165, 1.54) is 12.7 Å². The van der Waals surface area contributed by atoms with Gasteiger partial charge in [-0.2, -0.15) is 5.10 Å². The highest BCUT2D eigenvalue weighted by Crippen LogP contribution is 2.43. The summed E-state index contributed by atoms with van der Waals surface area (Å²) in [5.74, 6) is 1.36. The highest BCUT2D eigenvalue weighted by Gasteiger charge is 2.42. The second kappa shape index (κ2) is 11.4. The standard InChI is InChI=1S/C27H32Cl2N8O/c1-27(2,3)24(26(36-18-30-17-31-36)38-20-13-11-19(28)12-14-20)37-25(32-33-34-37)23(35-15-7-4-8-16-35)21-9-5-6-10-22(21)29/h5-6,9-14,17-18,23-24,26H,4,7-8,15-16H2,1-3H3/t23-,24-,26+/m1/s1. The van der Waals surface area contributed by atoms with E-state index in [2.05, 4.69) is 57.3 Å². The predicted molar refractivity (Wildman–Crippen MR) is 146 cm³/mol. The van der Waals surface area contributed by atoms with E-state index in [9.17, 15) is 0 Å². The number of rotatable bonds is 8. The lowest BCUT2D eigenvalue weighted by Gasteiger charge is -2.39. The molecular weight excluding hydrogens is 523 g/mol. The number of piperidine rings is 1. The van der Waals surface area contributed by atoms with Crippen molar-refractivity contribution in [2.75, 3.05) is 13.1 Å². The molecule has 0 amide bonds. The Bertz CT molecular complexity index is 1310. The molecule has 1 aliphatic heterocycles. The average Bonchev–Trinajstić information content (AvgIpc) is 3.59. The summed E-state index contributed by atoms with van der Waals surface area (Å²) in [6.45, 7) is 8.31. The van der Waals surface area contributed by atoms with Crippen LogP contribution in [-0.4, -0.2) is 53.0 Å². The summed E-state index contributed by atoms with van der Waals surface area (Å²) in [5, 5.41) is 19.1. The van der Waals surface area contributed by atoms with Crippen molar-refractivity contribution in [3.8, 4) is 5.75 Å². The smallest absolute Gasteiger partial charge is 0.215 e. The number of hydrogen-bond donors (Lipinski definition) is 0. The molecule has 11 heteroatoms. The number of benzene rings is 2. The number of ether oxygens (including phenoxy) is 1. The third-order valence-corrected chi connectivity index (χ3v) is 7.50. The molecule has 0 radical (unpaired) electrons. The number of nitrogens with zero attached hydrogens (tertiary/aromatic N) is 8. The molecule has 3 heterocycles. The topological polar surface area (TPSA) is 86.8 Å². The number of aromatic nitrogens is 7. The summed E-state index contributed by atoms with van der Waals surface area (Å²) >= 11 is 12.9. The molecule has 0 bridgehead atoms. The normalized spacial score (nSPS) is 17.2. The van der Waals surface area contributed by atoms with Gasteiger partial charge in [-0.25, -0.2) is 14.3 Å². The van der Waals surface area contributed by atoms with Crippen molar-refractivity contribution in [3.63, 3.8) is 0 Å². The van der Waals surface area contributed by atoms with Gasteiger partial charge >= 0.3 is 0 Å². The largest absolute Gasteiger partial charge is 0.466 e. The molecular formula is C27H32Cl2N8O. The Labute approximate surface area is 232 Å². The van der Waals surface area contributed by atoms with Crippen LogP contribution in [0, 0.1) is 5.41 Å². The molecule has 0 unspecified atom stereocenters. The summed E-state index contributed by atoms with van der Waals surface area (Å²) < 4.78 is 10.2. The molecule has 2 aromatic carbocycles. The van der Waals surface area contributed by atoms with E-state index in [0.29, 0.717) is 21.6 Å². The Morgan fingerprint density at radius 1 is 0.947 bits per heavy atom. The molecule has 1 fully saturated rings. The minimum Gasteiger partial charge on any atom is -0.466 e. The van der Waals surface area contributed by atoms with Crippen molar-refractivity contribution in [2.24, 2.45) is 5.41 Å². The minimum absolute atomic E-state index is 0.212. The van der Waals surface area contributed by atoms with Crippen LogP contribution in [0.2, 0.25) is 10.0 Å². The quantitative estimate of drug-likeness (QED) is 0.263. The monoisotopic (exact) mass is 554 g/mol. The van der Waals surface area contributed by atoms with E-state index in [0.717, 1.165) is 31.5 Å². The highest BCUT2D eigenvalue weighted by atomic mass is 35.5. The summed E-state index contributed by atoms with van der Waals surface area (Å²) in [6.07, 6.45) is 6.00. The number of likely N-dealkylation sites (tertiary alicyclic amines) is 1. The van der Waals surface area contributed by atoms with Crippen LogP contribution in [0.3, 0.4) is 0 Å². The number of tetrazole rings is 1. The highest BCUT2D eigenvalue weighted by molar-refractivity contribution is 6.31. The third kappa shape index (κ3) is 5.70. The molecule has 4 aromatic rings. The van der Waals surface area contributed by atoms with Crippen LogP contribution in [0.25, 0.3) is 0 Å². The van der Waals surface area contributed by atoms with Crippen LogP contribution < -0.4 is 4.74 Å². The zero-order chi connectivity index (χ0) is 26.7. The van der Waals surface area contributed by atoms with Gasteiger partial charge in [0.1, 0.15) is 24.4 Å². The first kappa shape index (κ1) is 26.6. The van der Waals surface area contributed by atoms with Gasteiger partial charge in [0, 0.05) is 10.0 Å². The third-order valence-electron chi connectivity index (χ3n) is 6.91. The van der Waals surface area contributed by atoms with Gasteiger partial charge in [-0.05, 0) is 77.7 Å². The van der Waals surface area contributed by atoms with Crippen LogP contribution in [0.15, 0.2) is 61.2 Å². The van der Waals surface area contributed by atoms with E-state index < -0.39 is 6.23 Å². The van der Waals surface area contributed by atoms with E-state index in [4.69, 9.17) is 27.9 Å². The molecule has 9 nitrogen and oxygen atoms in total. The number of hydrogen-bond acceptors (Lipinski definition) is 7. The molecule has 0 N–H and O–H groups in total. The van der Waals surface area contributed by atoms with E-state index >= 15 is 0 Å². The molecule has 3 atom stereocenters. The summed E-state index contributed by atoms with van der Waals surface area (Å²) in [6, 6.07) is 14.6. The number of halogens is 2. The first-order chi connectivity index (χ1) is 18.3. The average molecular weight is 556 g/mol. The van der Waals surface area contributed by atoms with Crippen LogP contribution in [-0.2, 0) is 0 Å². The molecule has 1 aliphatic rings. The lowest BCUT2D eigenvalue weighted by atomic mass is 9.85. The lowest BCUT2D eigenvalue weighted by molar-refractivity contribution is -0.00232. The Morgan fingerprint density at radius 2 is 1.68 bits per heavy atom. The van der Waals surface area contributed by atoms with Crippen molar-refractivity contribution >= 4 is 23.2 Å². The second-order valence-corrected chi connectivity index (χ2v) is 11.5. The van der Waals surface area contributed by atoms with Gasteiger partial charge in [0.05, 0.1) is 6.04 Å². The van der Waals surface area contributed by atoms with Gasteiger partial charge in [0.15, 0.2) is 5.82 Å². The fourth-order valence-corrected chi connectivity index (χ4v) is 5.50. The summed E-state index contributed by atoms with van der Waals surface area (Å²) in [4.78, 5) is 6.63. The van der Waals surface area contributed by atoms with Crippen molar-refractivity contribution in [1.29, 1.82) is 0 Å². The van der Waals surface area contributed by atoms with Crippen LogP contribution >= 0.6 is 23.2 Å². The Balaban J connectivity index is 1.63. The summed E-state index contributed by atoms with van der Waals surface area (Å²) in [7, 11) is 0. The molecule has 5 rings (SSSR count). The lowest BCUT2D eigenvalue weighted by Crippen LogP contribution is -2.41. The molecule has 0 spiro atoms. The second-order valence-electron chi connectivity index (χ2n) is 10.7. The van der Waals surface area contributed by atoms with Crippen LogP contribution in [0.5, 0.6) is 5.75 Å². The van der Waals surface area contributed by atoms with Gasteiger partial charge in [-0.3, -0.25) is 4.90 Å². The van der Waals surface area contributed by atoms with Gasteiger partial charge in [-0.1, -0.05) is 68.6 Å². The maximum absolute atomic E-state index is 6.78. The van der Waals surface area contributed by atoms with Crippen LogP contribution in [0.4, 0.5) is 0 Å². The molecule has 38 heavy (non-hydrogen) atoms. The first-order valence-electron chi connectivity index (χ1n) is 12.9. The fourth-order valence-electron chi connectivity index (χ4n) is 5.13. The van der Waals surface area contributed by atoms with Crippen molar-refractivity contribution < 1.29 is 4.74 Å². The minimum atomic E-state index is -0.603. The predicted octanol–water partition coefficient (Wildman–Crippen LogP) is 6.01. The van der Waals surface area contributed by atoms with Crippen LogP contribution in [0.1, 0.15) is 69.7 Å². The SMILES string of the molecule is CC(C)(C)[C@@H]([C@H](Oc1ccc(Cl)cc1)n1cncn1)n1nnnc1[C@@H](c1ccccc1Cl)N1CCCCC1. The van der Waals surface area contributed by atoms with Crippen molar-refractivity contribution in [1.82, 2.24) is 39.9 Å². The maximum Gasteiger partial charge on any atom is 0.215 e. The summed E-state index contributed by atoms with van der Waals surface area (Å²) in [5.41, 5.74) is 0.635. The Hall–Kier alpha value is -3.01. The van der Waals surface area contributed by atoms with Gasteiger partial charge < -0.3 is 4.74 Å². The molecule has 0 saturated carbocycles. The molecule has 1 saturated heterocycles. The van der Waals surface area contributed by atoms with Gasteiger partial charge in [0.25, 0.3) is 0 Å². The van der Waals surface area contributed by atoms with Gasteiger partial charge in [0.2, 0.25) is 6.23 Å². The zero-order valence-corrected chi connectivity index (χ0v) is 23.3. The zero-order valence-electron chi connectivity index (χ0n) is 21.8. The Kier molecular flexibility index (Phi) is 7.97. The first-order valence-corrected chi connectivity index (χ1v) is 13.6. The molecule has 0 aliphatic carbocycles.